The van der Waals surface area contributed by atoms with Crippen LogP contribution in [0.2, 0.25) is 0 Å². The fourth-order valence-corrected chi connectivity index (χ4v) is 2.44. The number of rotatable bonds is 6. The Hall–Kier alpha value is -1.19. The molecular weight excluding hydrogens is 307 g/mol. The maximum absolute atomic E-state index is 13.2. The normalized spacial score (nSPS) is 12.3. The third-order valence-electron chi connectivity index (χ3n) is 2.94. The molecule has 100 valence electrons. The molecule has 2 aromatic rings. The van der Waals surface area contributed by atoms with Crippen molar-refractivity contribution in [1.82, 2.24) is 0 Å². The van der Waals surface area contributed by atoms with Crippen molar-refractivity contribution in [2.24, 2.45) is 0 Å². The van der Waals surface area contributed by atoms with E-state index in [4.69, 9.17) is 4.74 Å². The van der Waals surface area contributed by atoms with Crippen molar-refractivity contribution in [1.29, 1.82) is 0 Å². The van der Waals surface area contributed by atoms with Gasteiger partial charge in [0.1, 0.15) is 5.82 Å². The summed E-state index contributed by atoms with van der Waals surface area (Å²) in [7, 11) is 0. The van der Waals surface area contributed by atoms with Crippen molar-refractivity contribution in [3.8, 4) is 0 Å². The van der Waals surface area contributed by atoms with Gasteiger partial charge in [-0.25, -0.2) is 4.39 Å². The average Bonchev–Trinajstić information content (AvgIpc) is 2.45. The zero-order chi connectivity index (χ0) is 13.5. The van der Waals surface area contributed by atoms with E-state index in [-0.39, 0.29) is 11.7 Å². The van der Waals surface area contributed by atoms with Crippen molar-refractivity contribution in [2.45, 2.75) is 12.5 Å². The largest absolute Gasteiger partial charge is 0.376 e. The lowest BCUT2D eigenvalue weighted by Crippen LogP contribution is -2.09. The molecule has 2 rings (SSSR count). The van der Waals surface area contributed by atoms with Crippen LogP contribution in [0.25, 0.3) is 0 Å². The second-order valence-corrected chi connectivity index (χ2v) is 5.05. The summed E-state index contributed by atoms with van der Waals surface area (Å²) in [6.45, 7) is 1.16. The van der Waals surface area contributed by atoms with Gasteiger partial charge in [-0.2, -0.15) is 0 Å². The first kappa shape index (κ1) is 14.2. The van der Waals surface area contributed by atoms with Gasteiger partial charge in [-0.3, -0.25) is 0 Å². The fraction of sp³-hybridized carbons (Fsp3) is 0.250. The van der Waals surface area contributed by atoms with Crippen molar-refractivity contribution in [3.63, 3.8) is 0 Å². The Bertz CT molecular complexity index is 501. The Morgan fingerprint density at radius 3 is 2.53 bits per heavy atom. The monoisotopic (exact) mass is 322 g/mol. The molecule has 19 heavy (non-hydrogen) atoms. The van der Waals surface area contributed by atoms with Gasteiger partial charge in [-0.15, -0.1) is 0 Å². The lowest BCUT2D eigenvalue weighted by Gasteiger charge is -2.15. The Balaban J connectivity index is 1.89. The summed E-state index contributed by atoms with van der Waals surface area (Å²) >= 11 is 3.46. The SMILES string of the molecule is Fc1cccc(C(CBr)COCc2ccccc2)c1. The number of halogens is 2. The smallest absolute Gasteiger partial charge is 0.123 e. The maximum Gasteiger partial charge on any atom is 0.123 e. The summed E-state index contributed by atoms with van der Waals surface area (Å²) in [6, 6.07) is 16.7. The highest BCUT2D eigenvalue weighted by Crippen LogP contribution is 2.20. The second-order valence-electron chi connectivity index (χ2n) is 4.41. The van der Waals surface area contributed by atoms with Gasteiger partial charge in [0.15, 0.2) is 0 Å². The van der Waals surface area contributed by atoms with Gasteiger partial charge in [0.05, 0.1) is 13.2 Å². The molecule has 0 amide bonds. The van der Waals surface area contributed by atoms with Gasteiger partial charge >= 0.3 is 0 Å². The van der Waals surface area contributed by atoms with E-state index in [1.807, 2.05) is 36.4 Å². The molecule has 0 fully saturated rings. The van der Waals surface area contributed by atoms with Crippen LogP contribution in [0.4, 0.5) is 4.39 Å². The minimum Gasteiger partial charge on any atom is -0.376 e. The number of benzene rings is 2. The van der Waals surface area contributed by atoms with Gasteiger partial charge in [0.25, 0.3) is 0 Å². The molecule has 1 atom stereocenters. The van der Waals surface area contributed by atoms with Crippen LogP contribution in [0.1, 0.15) is 17.0 Å². The molecule has 3 heteroatoms. The Labute approximate surface area is 121 Å². The number of hydrogen-bond donors (Lipinski definition) is 0. The highest BCUT2D eigenvalue weighted by Gasteiger charge is 2.11. The molecule has 0 aliphatic carbocycles. The van der Waals surface area contributed by atoms with E-state index in [2.05, 4.69) is 15.9 Å². The molecule has 0 aromatic heterocycles. The van der Waals surface area contributed by atoms with E-state index in [1.165, 1.54) is 6.07 Å². The molecule has 0 N–H and O–H groups in total. The van der Waals surface area contributed by atoms with E-state index < -0.39 is 0 Å². The van der Waals surface area contributed by atoms with Crippen molar-refractivity contribution >= 4 is 15.9 Å². The molecule has 0 saturated carbocycles. The van der Waals surface area contributed by atoms with Crippen molar-refractivity contribution in [3.05, 3.63) is 71.5 Å². The fourth-order valence-electron chi connectivity index (χ4n) is 1.88. The predicted octanol–water partition coefficient (Wildman–Crippen LogP) is 4.52. The topological polar surface area (TPSA) is 9.23 Å². The van der Waals surface area contributed by atoms with Crippen LogP contribution in [-0.4, -0.2) is 11.9 Å². The molecule has 1 unspecified atom stereocenters. The van der Waals surface area contributed by atoms with Gasteiger partial charge in [-0.1, -0.05) is 58.4 Å². The van der Waals surface area contributed by atoms with E-state index in [1.54, 1.807) is 12.1 Å². The van der Waals surface area contributed by atoms with Crippen LogP contribution in [0.5, 0.6) is 0 Å². The second kappa shape index (κ2) is 7.41. The molecule has 0 radical (unpaired) electrons. The first-order valence-electron chi connectivity index (χ1n) is 6.22. The van der Waals surface area contributed by atoms with Gasteiger partial charge < -0.3 is 4.74 Å². The molecule has 1 nitrogen and oxygen atoms in total. The molecule has 0 saturated heterocycles. The van der Waals surface area contributed by atoms with Gasteiger partial charge in [-0.05, 0) is 23.3 Å². The number of ether oxygens (including phenoxy) is 1. The minimum atomic E-state index is -0.202. The molecular formula is C16H16BrFO. The summed E-state index contributed by atoms with van der Waals surface area (Å²) in [4.78, 5) is 0. The van der Waals surface area contributed by atoms with Crippen LogP contribution in [-0.2, 0) is 11.3 Å². The standard InChI is InChI=1S/C16H16BrFO/c17-10-15(14-7-4-8-16(18)9-14)12-19-11-13-5-2-1-3-6-13/h1-9,15H,10-12H2. The molecule has 2 aromatic carbocycles. The van der Waals surface area contributed by atoms with E-state index in [9.17, 15) is 4.39 Å². The highest BCUT2D eigenvalue weighted by atomic mass is 79.9. The zero-order valence-electron chi connectivity index (χ0n) is 10.6. The summed E-state index contributed by atoms with van der Waals surface area (Å²) in [5, 5.41) is 0.755. The minimum absolute atomic E-state index is 0.166. The van der Waals surface area contributed by atoms with Crippen LogP contribution < -0.4 is 0 Å². The predicted molar refractivity (Wildman–Crippen MR) is 79.0 cm³/mol. The number of hydrogen-bond acceptors (Lipinski definition) is 1. The molecule has 0 aliphatic heterocycles. The van der Waals surface area contributed by atoms with Crippen molar-refractivity contribution in [2.75, 3.05) is 11.9 Å². The highest BCUT2D eigenvalue weighted by molar-refractivity contribution is 9.09. The third kappa shape index (κ3) is 4.44. The van der Waals surface area contributed by atoms with Gasteiger partial charge in [0, 0.05) is 11.2 Å². The first-order chi connectivity index (χ1) is 9.29. The van der Waals surface area contributed by atoms with E-state index in [0.717, 1.165) is 16.5 Å². The number of alkyl halides is 1. The van der Waals surface area contributed by atoms with E-state index >= 15 is 0 Å². The molecule has 0 spiro atoms. The first-order valence-corrected chi connectivity index (χ1v) is 7.35. The Morgan fingerprint density at radius 1 is 1.05 bits per heavy atom. The van der Waals surface area contributed by atoms with Crippen molar-refractivity contribution < 1.29 is 9.13 Å². The molecule has 0 bridgehead atoms. The lowest BCUT2D eigenvalue weighted by molar-refractivity contribution is 0.111. The Morgan fingerprint density at radius 2 is 1.84 bits per heavy atom. The summed E-state index contributed by atoms with van der Waals surface area (Å²) in [5.41, 5.74) is 2.11. The molecule has 0 heterocycles. The van der Waals surface area contributed by atoms with Crippen LogP contribution in [0, 0.1) is 5.82 Å². The van der Waals surface area contributed by atoms with Crippen LogP contribution >= 0.6 is 15.9 Å². The lowest BCUT2D eigenvalue weighted by atomic mass is 10.0. The average molecular weight is 323 g/mol. The summed E-state index contributed by atoms with van der Waals surface area (Å²) in [6.07, 6.45) is 0. The van der Waals surface area contributed by atoms with Gasteiger partial charge in [0.2, 0.25) is 0 Å². The quantitative estimate of drug-likeness (QED) is 0.710. The Kier molecular flexibility index (Phi) is 5.55. The van der Waals surface area contributed by atoms with E-state index in [0.29, 0.717) is 13.2 Å². The van der Waals surface area contributed by atoms with Crippen LogP contribution in [0.15, 0.2) is 54.6 Å². The molecule has 0 aliphatic rings. The summed E-state index contributed by atoms with van der Waals surface area (Å²) in [5.74, 6) is -0.0362. The van der Waals surface area contributed by atoms with Crippen LogP contribution in [0.3, 0.4) is 0 Å². The maximum atomic E-state index is 13.2. The zero-order valence-corrected chi connectivity index (χ0v) is 12.1. The summed E-state index contributed by atoms with van der Waals surface area (Å²) < 4.78 is 18.9. The third-order valence-corrected chi connectivity index (χ3v) is 3.72.